The Morgan fingerprint density at radius 2 is 1.94 bits per heavy atom. The summed E-state index contributed by atoms with van der Waals surface area (Å²) in [6.45, 7) is 12.1. The van der Waals surface area contributed by atoms with Gasteiger partial charge in [-0.25, -0.2) is 0 Å². The Kier molecular flexibility index (Phi) is 5.50. The summed E-state index contributed by atoms with van der Waals surface area (Å²) in [6.07, 6.45) is 7.19. The van der Waals surface area contributed by atoms with Gasteiger partial charge in [-0.05, 0) is 43.6 Å². The fourth-order valence-corrected chi connectivity index (χ4v) is 3.46. The van der Waals surface area contributed by atoms with Crippen molar-refractivity contribution < 1.29 is 0 Å². The topological polar surface area (TPSA) is 15.3 Å². The van der Waals surface area contributed by atoms with Crippen LogP contribution in [-0.4, -0.2) is 37.1 Å². The molecule has 0 aromatic carbocycles. The van der Waals surface area contributed by atoms with Crippen LogP contribution in [0.2, 0.25) is 0 Å². The summed E-state index contributed by atoms with van der Waals surface area (Å²) in [4.78, 5) is 2.72. The molecule has 0 amide bonds. The molecule has 1 saturated heterocycles. The minimum absolute atomic E-state index is 0.751. The van der Waals surface area contributed by atoms with Crippen LogP contribution in [0.1, 0.15) is 52.9 Å². The third-order valence-electron chi connectivity index (χ3n) is 4.28. The van der Waals surface area contributed by atoms with E-state index in [0.29, 0.717) is 0 Å². The van der Waals surface area contributed by atoms with Gasteiger partial charge >= 0.3 is 0 Å². The molecule has 0 radical (unpaired) electrons. The lowest BCUT2D eigenvalue weighted by Crippen LogP contribution is -2.50. The quantitative estimate of drug-likeness (QED) is 0.749. The molecule has 0 bridgehead atoms. The van der Waals surface area contributed by atoms with Crippen molar-refractivity contribution in [2.75, 3.05) is 26.2 Å². The van der Waals surface area contributed by atoms with Crippen LogP contribution in [0.3, 0.4) is 0 Å². The molecule has 1 N–H and O–H groups in total. The van der Waals surface area contributed by atoms with Crippen molar-refractivity contribution in [3.63, 3.8) is 0 Å². The Hall–Kier alpha value is -0.0800. The molecule has 1 heterocycles. The van der Waals surface area contributed by atoms with Crippen molar-refractivity contribution in [2.45, 2.75) is 58.9 Å². The van der Waals surface area contributed by atoms with E-state index in [0.717, 1.165) is 23.8 Å². The first-order chi connectivity index (χ1) is 8.67. The summed E-state index contributed by atoms with van der Waals surface area (Å²) >= 11 is 0. The summed E-state index contributed by atoms with van der Waals surface area (Å²) in [6, 6.07) is 0.751. The van der Waals surface area contributed by atoms with Crippen LogP contribution in [0.25, 0.3) is 0 Å². The van der Waals surface area contributed by atoms with Crippen molar-refractivity contribution in [2.24, 2.45) is 17.8 Å². The summed E-state index contributed by atoms with van der Waals surface area (Å²) in [5.74, 6) is 2.84. The standard InChI is InChI=1S/C16H32N2/c1-4-7-17-16-9-15(8-14-5-6-14)11-18(12-16)10-13(2)3/h13-17H,4-12H2,1-3H3. The van der Waals surface area contributed by atoms with Crippen molar-refractivity contribution >= 4 is 0 Å². The molecule has 2 rings (SSSR count). The molecule has 1 aliphatic carbocycles. The van der Waals surface area contributed by atoms with E-state index in [-0.39, 0.29) is 0 Å². The maximum atomic E-state index is 3.76. The number of hydrogen-bond donors (Lipinski definition) is 1. The first-order valence-corrected chi connectivity index (χ1v) is 8.13. The zero-order chi connectivity index (χ0) is 13.0. The van der Waals surface area contributed by atoms with Gasteiger partial charge < -0.3 is 10.2 Å². The zero-order valence-corrected chi connectivity index (χ0v) is 12.6. The van der Waals surface area contributed by atoms with Crippen LogP contribution in [-0.2, 0) is 0 Å². The third kappa shape index (κ3) is 4.89. The van der Waals surface area contributed by atoms with Crippen LogP contribution in [0.4, 0.5) is 0 Å². The van der Waals surface area contributed by atoms with Gasteiger partial charge in [0.25, 0.3) is 0 Å². The molecule has 2 unspecified atom stereocenters. The number of rotatable bonds is 7. The highest BCUT2D eigenvalue weighted by Crippen LogP contribution is 2.37. The van der Waals surface area contributed by atoms with Gasteiger partial charge in [-0.3, -0.25) is 0 Å². The zero-order valence-electron chi connectivity index (χ0n) is 12.6. The first kappa shape index (κ1) is 14.3. The molecule has 106 valence electrons. The van der Waals surface area contributed by atoms with Gasteiger partial charge in [0, 0.05) is 25.7 Å². The lowest BCUT2D eigenvalue weighted by molar-refractivity contribution is 0.121. The Bertz CT molecular complexity index is 223. The molecular formula is C16H32N2. The van der Waals surface area contributed by atoms with Gasteiger partial charge in [-0.1, -0.05) is 33.6 Å². The number of nitrogens with one attached hydrogen (secondary N) is 1. The van der Waals surface area contributed by atoms with Crippen molar-refractivity contribution in [1.82, 2.24) is 10.2 Å². The van der Waals surface area contributed by atoms with Crippen molar-refractivity contribution in [3.8, 4) is 0 Å². The second kappa shape index (κ2) is 6.91. The van der Waals surface area contributed by atoms with Gasteiger partial charge in [-0.2, -0.15) is 0 Å². The summed E-state index contributed by atoms with van der Waals surface area (Å²) in [5, 5.41) is 3.76. The predicted molar refractivity (Wildman–Crippen MR) is 78.8 cm³/mol. The minimum atomic E-state index is 0.751. The fraction of sp³-hybridized carbons (Fsp3) is 1.00. The summed E-state index contributed by atoms with van der Waals surface area (Å²) in [7, 11) is 0. The SMILES string of the molecule is CCCNC1CC(CC2CC2)CN(CC(C)C)C1. The average molecular weight is 252 g/mol. The lowest BCUT2D eigenvalue weighted by Gasteiger charge is -2.39. The Labute approximate surface area is 114 Å². The smallest absolute Gasteiger partial charge is 0.0198 e. The Morgan fingerprint density at radius 3 is 2.56 bits per heavy atom. The van der Waals surface area contributed by atoms with Crippen LogP contribution >= 0.6 is 0 Å². The van der Waals surface area contributed by atoms with Gasteiger partial charge in [0.1, 0.15) is 0 Å². The predicted octanol–water partition coefficient (Wildman–Crippen LogP) is 3.13. The van der Waals surface area contributed by atoms with E-state index in [1.807, 2.05) is 0 Å². The molecule has 2 atom stereocenters. The molecule has 2 nitrogen and oxygen atoms in total. The highest BCUT2D eigenvalue weighted by atomic mass is 15.2. The Morgan fingerprint density at radius 1 is 1.17 bits per heavy atom. The molecular weight excluding hydrogens is 220 g/mol. The van der Waals surface area contributed by atoms with E-state index in [1.54, 1.807) is 0 Å². The Balaban J connectivity index is 1.82. The first-order valence-electron chi connectivity index (χ1n) is 8.13. The maximum Gasteiger partial charge on any atom is 0.0198 e. The lowest BCUT2D eigenvalue weighted by atomic mass is 9.89. The van der Waals surface area contributed by atoms with Gasteiger partial charge in [0.15, 0.2) is 0 Å². The van der Waals surface area contributed by atoms with Crippen molar-refractivity contribution in [1.29, 1.82) is 0 Å². The van der Waals surface area contributed by atoms with E-state index in [4.69, 9.17) is 0 Å². The molecule has 2 heteroatoms. The molecule has 2 aliphatic rings. The second-order valence-corrected chi connectivity index (χ2v) is 7.04. The largest absolute Gasteiger partial charge is 0.313 e. The van der Waals surface area contributed by atoms with Crippen molar-refractivity contribution in [3.05, 3.63) is 0 Å². The van der Waals surface area contributed by atoms with E-state index >= 15 is 0 Å². The van der Waals surface area contributed by atoms with Crippen LogP contribution in [0.15, 0.2) is 0 Å². The molecule has 18 heavy (non-hydrogen) atoms. The number of likely N-dealkylation sites (tertiary alicyclic amines) is 1. The normalized spacial score (nSPS) is 30.0. The monoisotopic (exact) mass is 252 g/mol. The second-order valence-electron chi connectivity index (χ2n) is 7.04. The van der Waals surface area contributed by atoms with Gasteiger partial charge in [0.05, 0.1) is 0 Å². The molecule has 0 spiro atoms. The number of nitrogens with zero attached hydrogens (tertiary/aromatic N) is 1. The highest BCUT2D eigenvalue weighted by Gasteiger charge is 2.31. The molecule has 1 aliphatic heterocycles. The van der Waals surface area contributed by atoms with Crippen LogP contribution in [0.5, 0.6) is 0 Å². The van der Waals surface area contributed by atoms with E-state index in [1.165, 1.54) is 58.3 Å². The van der Waals surface area contributed by atoms with E-state index < -0.39 is 0 Å². The average Bonchev–Trinajstić information content (AvgIpc) is 3.09. The minimum Gasteiger partial charge on any atom is -0.313 e. The molecule has 2 fully saturated rings. The van der Waals surface area contributed by atoms with E-state index in [9.17, 15) is 0 Å². The number of hydrogen-bond acceptors (Lipinski definition) is 2. The molecule has 1 saturated carbocycles. The van der Waals surface area contributed by atoms with Gasteiger partial charge in [0.2, 0.25) is 0 Å². The maximum absolute atomic E-state index is 3.76. The third-order valence-corrected chi connectivity index (χ3v) is 4.28. The number of piperidine rings is 1. The van der Waals surface area contributed by atoms with Crippen LogP contribution < -0.4 is 5.32 Å². The van der Waals surface area contributed by atoms with Gasteiger partial charge in [-0.15, -0.1) is 0 Å². The highest BCUT2D eigenvalue weighted by molar-refractivity contribution is 4.87. The molecule has 0 aromatic rings. The summed E-state index contributed by atoms with van der Waals surface area (Å²) in [5.41, 5.74) is 0. The van der Waals surface area contributed by atoms with E-state index in [2.05, 4.69) is 31.0 Å². The fourth-order valence-electron chi connectivity index (χ4n) is 3.46. The molecule has 0 aromatic heterocycles. The summed E-state index contributed by atoms with van der Waals surface area (Å²) < 4.78 is 0. The van der Waals surface area contributed by atoms with Crippen LogP contribution in [0, 0.1) is 17.8 Å².